The second kappa shape index (κ2) is 10.9. The first kappa shape index (κ1) is 24.7. The maximum atomic E-state index is 12.7. The van der Waals surface area contributed by atoms with Gasteiger partial charge in [-0.25, -0.2) is 9.78 Å². The summed E-state index contributed by atoms with van der Waals surface area (Å²) in [6, 6.07) is 7.86. The maximum Gasteiger partial charge on any atom is 0.341 e. The zero-order valence-electron chi connectivity index (χ0n) is 18.8. The Bertz CT molecular complexity index is 1370. The van der Waals surface area contributed by atoms with Crippen molar-refractivity contribution in [2.45, 2.75) is 37.1 Å². The molecule has 3 N–H and O–H groups in total. The summed E-state index contributed by atoms with van der Waals surface area (Å²) in [7, 11) is 1.34. The number of esters is 1. The van der Waals surface area contributed by atoms with Gasteiger partial charge in [0.25, 0.3) is 0 Å². The molecular formula is C24H21N5O3S3. The minimum Gasteiger partial charge on any atom is -0.465 e. The molecule has 0 bridgehead atoms. The monoisotopic (exact) mass is 523 g/mol. The average molecular weight is 524 g/mol. The van der Waals surface area contributed by atoms with Crippen LogP contribution in [0, 0.1) is 22.7 Å². The van der Waals surface area contributed by atoms with Crippen LogP contribution in [0.25, 0.3) is 10.4 Å². The van der Waals surface area contributed by atoms with E-state index in [0.717, 1.165) is 41.0 Å². The second-order valence-corrected chi connectivity index (χ2v) is 10.8. The molecule has 0 saturated heterocycles. The molecule has 0 aliphatic heterocycles. The third kappa shape index (κ3) is 5.03. The predicted octanol–water partition coefficient (Wildman–Crippen LogP) is 4.98. The SMILES string of the molecule is COC(=O)c1c(NC(=O)CCSc2nc(N)c(C#N)c(-c3cccs3)c2C#N)sc2c1CCCC2. The summed E-state index contributed by atoms with van der Waals surface area (Å²) in [6.07, 6.45) is 3.90. The zero-order chi connectivity index (χ0) is 24.9. The first-order valence-electron chi connectivity index (χ1n) is 10.8. The van der Waals surface area contributed by atoms with Crippen LogP contribution in [0.2, 0.25) is 0 Å². The summed E-state index contributed by atoms with van der Waals surface area (Å²) in [5.41, 5.74) is 8.37. The summed E-state index contributed by atoms with van der Waals surface area (Å²) < 4.78 is 4.96. The van der Waals surface area contributed by atoms with Gasteiger partial charge in [-0.2, -0.15) is 10.5 Å². The third-order valence-electron chi connectivity index (χ3n) is 5.56. The molecular weight excluding hydrogens is 502 g/mol. The van der Waals surface area contributed by atoms with Gasteiger partial charge in [0.05, 0.1) is 18.2 Å². The van der Waals surface area contributed by atoms with Crippen molar-refractivity contribution in [1.82, 2.24) is 4.98 Å². The molecule has 0 fully saturated rings. The Balaban J connectivity index is 1.50. The maximum absolute atomic E-state index is 12.7. The highest BCUT2D eigenvalue weighted by atomic mass is 32.2. The lowest BCUT2D eigenvalue weighted by atomic mass is 9.95. The molecule has 0 unspecified atom stereocenters. The van der Waals surface area contributed by atoms with Crippen LogP contribution in [-0.2, 0) is 22.4 Å². The van der Waals surface area contributed by atoms with Crippen LogP contribution in [0.3, 0.4) is 0 Å². The van der Waals surface area contributed by atoms with Gasteiger partial charge in [0, 0.05) is 27.5 Å². The first-order chi connectivity index (χ1) is 17.0. The standard InChI is InChI=1S/C24H21N5O3S3/c1-32-24(31)20-13-5-2-3-6-16(13)35-23(20)28-18(30)8-10-34-22-15(12-26)19(17-7-4-9-33-17)14(11-25)21(27)29-22/h4,7,9H,2-3,5-6,8,10H2,1H3,(H2,27,29)(H,28,30). The highest BCUT2D eigenvalue weighted by Gasteiger charge is 2.27. The molecule has 3 aromatic rings. The molecule has 3 aromatic heterocycles. The quantitative estimate of drug-likeness (QED) is 0.326. The van der Waals surface area contributed by atoms with Gasteiger partial charge in [-0.1, -0.05) is 6.07 Å². The number of nitrogens with one attached hydrogen (secondary N) is 1. The zero-order valence-corrected chi connectivity index (χ0v) is 21.3. The Hall–Kier alpha value is -3.38. The molecule has 3 heterocycles. The number of nitriles is 2. The predicted molar refractivity (Wildman–Crippen MR) is 138 cm³/mol. The van der Waals surface area contributed by atoms with E-state index < -0.39 is 5.97 Å². The van der Waals surface area contributed by atoms with Crippen LogP contribution in [0.15, 0.2) is 22.5 Å². The number of thiophene rings is 2. The highest BCUT2D eigenvalue weighted by Crippen LogP contribution is 2.39. The summed E-state index contributed by atoms with van der Waals surface area (Å²) in [5.74, 6) is -0.304. The molecule has 0 saturated carbocycles. The molecule has 1 aliphatic rings. The molecule has 0 aromatic carbocycles. The minimum atomic E-state index is -0.439. The molecule has 1 amide bonds. The average Bonchev–Trinajstić information content (AvgIpc) is 3.51. The Morgan fingerprint density at radius 3 is 2.71 bits per heavy atom. The Labute approximate surface area is 214 Å². The highest BCUT2D eigenvalue weighted by molar-refractivity contribution is 7.99. The summed E-state index contributed by atoms with van der Waals surface area (Å²) in [6.45, 7) is 0. The summed E-state index contributed by atoms with van der Waals surface area (Å²) >= 11 is 4.07. The number of fused-ring (bicyclic) bond motifs is 1. The molecule has 1 aliphatic carbocycles. The van der Waals surface area contributed by atoms with Crippen LogP contribution in [0.4, 0.5) is 10.8 Å². The molecule has 178 valence electrons. The van der Waals surface area contributed by atoms with Crippen molar-refractivity contribution in [3.05, 3.63) is 44.6 Å². The fourth-order valence-electron chi connectivity index (χ4n) is 3.97. The number of anilines is 2. The Morgan fingerprint density at radius 1 is 1.26 bits per heavy atom. The number of carbonyl (C=O) groups is 2. The number of ether oxygens (including phenoxy) is 1. The van der Waals surface area contributed by atoms with Crippen molar-refractivity contribution < 1.29 is 14.3 Å². The Morgan fingerprint density at radius 2 is 2.03 bits per heavy atom. The molecule has 0 spiro atoms. The number of amides is 1. The van der Waals surface area contributed by atoms with Crippen molar-refractivity contribution in [1.29, 1.82) is 10.5 Å². The van der Waals surface area contributed by atoms with Gasteiger partial charge >= 0.3 is 5.97 Å². The number of nitrogens with two attached hydrogens (primary N) is 1. The van der Waals surface area contributed by atoms with Gasteiger partial charge in [0.1, 0.15) is 33.5 Å². The van der Waals surface area contributed by atoms with Gasteiger partial charge in [-0.3, -0.25) is 4.79 Å². The number of hydrogen-bond donors (Lipinski definition) is 2. The largest absolute Gasteiger partial charge is 0.465 e. The number of thioether (sulfide) groups is 1. The van der Waals surface area contributed by atoms with Crippen molar-refractivity contribution in [3.63, 3.8) is 0 Å². The van der Waals surface area contributed by atoms with E-state index in [0.29, 0.717) is 26.9 Å². The smallest absolute Gasteiger partial charge is 0.341 e. The molecule has 4 rings (SSSR count). The van der Waals surface area contributed by atoms with Gasteiger partial charge < -0.3 is 15.8 Å². The van der Waals surface area contributed by atoms with Crippen LogP contribution in [-0.4, -0.2) is 29.7 Å². The van der Waals surface area contributed by atoms with E-state index in [-0.39, 0.29) is 29.3 Å². The minimum absolute atomic E-state index is 0.0498. The van der Waals surface area contributed by atoms with Crippen LogP contribution >= 0.6 is 34.4 Å². The third-order valence-corrected chi connectivity index (χ3v) is 8.64. The van der Waals surface area contributed by atoms with Crippen LogP contribution < -0.4 is 11.1 Å². The van der Waals surface area contributed by atoms with Crippen molar-refractivity contribution in [3.8, 4) is 22.6 Å². The van der Waals surface area contributed by atoms with E-state index in [9.17, 15) is 20.1 Å². The number of rotatable bonds is 7. The van der Waals surface area contributed by atoms with Crippen molar-refractivity contribution in [2.75, 3.05) is 23.9 Å². The Kier molecular flexibility index (Phi) is 7.71. The molecule has 0 atom stereocenters. The van der Waals surface area contributed by atoms with Crippen LogP contribution in [0.5, 0.6) is 0 Å². The van der Waals surface area contributed by atoms with E-state index in [1.165, 1.54) is 41.5 Å². The molecule has 11 heteroatoms. The van der Waals surface area contributed by atoms with E-state index in [1.807, 2.05) is 17.5 Å². The van der Waals surface area contributed by atoms with Gasteiger partial charge in [0.15, 0.2) is 0 Å². The second-order valence-electron chi connectivity index (χ2n) is 7.68. The summed E-state index contributed by atoms with van der Waals surface area (Å²) in [5, 5.41) is 25.0. The van der Waals surface area contributed by atoms with E-state index >= 15 is 0 Å². The number of aromatic nitrogens is 1. The number of pyridine rings is 1. The lowest BCUT2D eigenvalue weighted by Gasteiger charge is -2.12. The van der Waals surface area contributed by atoms with Crippen molar-refractivity contribution >= 4 is 57.1 Å². The van der Waals surface area contributed by atoms with Crippen molar-refractivity contribution in [2.24, 2.45) is 0 Å². The normalized spacial score (nSPS) is 12.3. The molecule has 0 radical (unpaired) electrons. The number of nitrogen functional groups attached to an aromatic ring is 1. The van der Waals surface area contributed by atoms with Gasteiger partial charge in [-0.05, 0) is 42.7 Å². The topological polar surface area (TPSA) is 142 Å². The number of carbonyl (C=O) groups excluding carboxylic acids is 2. The van der Waals surface area contributed by atoms with Crippen LogP contribution in [0.1, 0.15) is 51.2 Å². The summed E-state index contributed by atoms with van der Waals surface area (Å²) in [4.78, 5) is 31.3. The van der Waals surface area contributed by atoms with Gasteiger partial charge in [0.2, 0.25) is 5.91 Å². The van der Waals surface area contributed by atoms with E-state index in [1.54, 1.807) is 0 Å². The number of methoxy groups -OCH3 is 1. The van der Waals surface area contributed by atoms with Gasteiger partial charge in [-0.15, -0.1) is 34.4 Å². The number of aryl methyl sites for hydroxylation is 1. The lowest BCUT2D eigenvalue weighted by Crippen LogP contribution is -2.15. The van der Waals surface area contributed by atoms with E-state index in [2.05, 4.69) is 22.4 Å². The number of nitrogens with zero attached hydrogens (tertiary/aromatic N) is 3. The fraction of sp³-hybridized carbons (Fsp3) is 0.292. The first-order valence-corrected chi connectivity index (χ1v) is 13.5. The number of hydrogen-bond acceptors (Lipinski definition) is 10. The van der Waals surface area contributed by atoms with E-state index in [4.69, 9.17) is 10.5 Å². The lowest BCUT2D eigenvalue weighted by molar-refractivity contribution is -0.115. The fourth-order valence-corrected chi connectivity index (χ4v) is 6.98. The molecule has 8 nitrogen and oxygen atoms in total. The molecule has 35 heavy (non-hydrogen) atoms.